The number of hydrogen-bond acceptors (Lipinski definition) is 2. The van der Waals surface area contributed by atoms with Gasteiger partial charge >= 0.3 is 103 Å². The number of benzene rings is 1. The Morgan fingerprint density at radius 1 is 0.833 bits per heavy atom. The van der Waals surface area contributed by atoms with Crippen LogP contribution in [0.5, 0.6) is 0 Å². The summed E-state index contributed by atoms with van der Waals surface area (Å²) in [5.41, 5.74) is 1.46. The molecule has 0 aliphatic rings. The van der Waals surface area contributed by atoms with Gasteiger partial charge in [-0.05, 0) is 0 Å². The van der Waals surface area contributed by atoms with Gasteiger partial charge in [0, 0.05) is 0 Å². The third-order valence-electron chi connectivity index (χ3n) is 3.14. The summed E-state index contributed by atoms with van der Waals surface area (Å²) in [6, 6.07) is 10.7. The first-order chi connectivity index (χ1) is 8.93. The summed E-state index contributed by atoms with van der Waals surface area (Å²) < 4.78 is 15.2. The minimum absolute atomic E-state index is 0.721. The van der Waals surface area contributed by atoms with Crippen LogP contribution >= 0.6 is 0 Å². The molecule has 0 aromatic heterocycles. The van der Waals surface area contributed by atoms with Gasteiger partial charge < -0.3 is 0 Å². The van der Waals surface area contributed by atoms with Crippen molar-refractivity contribution in [3.63, 3.8) is 0 Å². The summed E-state index contributed by atoms with van der Waals surface area (Å²) in [7, 11) is 0. The van der Waals surface area contributed by atoms with Gasteiger partial charge in [-0.1, -0.05) is 18.2 Å². The van der Waals surface area contributed by atoms with Crippen molar-refractivity contribution in [1.82, 2.24) is 0 Å². The molecule has 0 aliphatic heterocycles. The first-order valence-electron chi connectivity index (χ1n) is 7.02. The number of hydrogen-bond donors (Lipinski definition) is 0. The van der Waals surface area contributed by atoms with E-state index in [1.54, 1.807) is 0 Å². The molecule has 1 aromatic carbocycles. The third kappa shape index (κ3) is 8.81. The molecular weight excluding hydrogens is 331 g/mol. The fraction of sp³-hybridized carbons (Fsp3) is 0.600. The van der Waals surface area contributed by atoms with Crippen LogP contribution in [0.2, 0.25) is 0 Å². The second kappa shape index (κ2) is 11.8. The molecule has 0 unspecified atom stereocenters. The van der Waals surface area contributed by atoms with Crippen LogP contribution in [0, 0.1) is 0 Å². The molecule has 0 fully saturated rings. The van der Waals surface area contributed by atoms with Crippen molar-refractivity contribution in [3.8, 4) is 0 Å². The second-order valence-corrected chi connectivity index (χ2v) is 6.18. The van der Waals surface area contributed by atoms with Crippen LogP contribution in [-0.4, -0.2) is 28.1 Å². The molecular formula is C15H24O2Sn. The van der Waals surface area contributed by atoms with Gasteiger partial charge in [0.2, 0.25) is 0 Å². The molecule has 2 nitrogen and oxygen atoms in total. The average Bonchev–Trinajstić information content (AvgIpc) is 2.42. The molecule has 0 N–H and O–H groups in total. The van der Waals surface area contributed by atoms with Crippen molar-refractivity contribution >= 4 is 21.5 Å². The van der Waals surface area contributed by atoms with E-state index in [2.05, 4.69) is 30.3 Å². The molecule has 18 heavy (non-hydrogen) atoms. The van der Waals surface area contributed by atoms with Crippen molar-refractivity contribution in [3.05, 3.63) is 35.9 Å². The van der Waals surface area contributed by atoms with Crippen LogP contribution in [0.1, 0.15) is 50.5 Å². The van der Waals surface area contributed by atoms with Crippen LogP contribution in [0.15, 0.2) is 30.3 Å². The average molecular weight is 355 g/mol. The molecule has 100 valence electrons. The fourth-order valence-electron chi connectivity index (χ4n) is 2.09. The summed E-state index contributed by atoms with van der Waals surface area (Å²) >= 11 is -1.79. The SMILES string of the molecule is [O]=[SnH][O]CCCCCCCCCc1ccccc1. The topological polar surface area (TPSA) is 26.3 Å². The number of rotatable bonds is 11. The van der Waals surface area contributed by atoms with Gasteiger partial charge in [-0.25, -0.2) is 0 Å². The van der Waals surface area contributed by atoms with E-state index in [1.165, 1.54) is 50.5 Å². The Bertz CT molecular complexity index is 301. The van der Waals surface area contributed by atoms with Crippen LogP contribution < -0.4 is 0 Å². The van der Waals surface area contributed by atoms with Crippen LogP contribution in [0.4, 0.5) is 0 Å². The molecule has 0 atom stereocenters. The smallest absolute Gasteiger partial charge is 0.0622 e. The molecule has 0 saturated carbocycles. The minimum Gasteiger partial charge on any atom is -0.0622 e. The van der Waals surface area contributed by atoms with E-state index < -0.39 is 21.5 Å². The standard InChI is InChI=1S/C15H23O.O.Sn.H/c16-14-10-5-3-1-2-4-7-11-15-12-8-6-9-13-15;;;/h6,8-9,12-13H,1-5,7,10-11,14H2;;;/q-1;;+1;. The van der Waals surface area contributed by atoms with Crippen LogP contribution in [0.3, 0.4) is 0 Å². The molecule has 0 bridgehead atoms. The zero-order valence-corrected chi connectivity index (χ0v) is 14.4. The first-order valence-corrected chi connectivity index (χ1v) is 9.72. The van der Waals surface area contributed by atoms with Gasteiger partial charge in [0.05, 0.1) is 0 Å². The number of unbranched alkanes of at least 4 members (excludes halogenated alkanes) is 6. The molecule has 1 rings (SSSR count). The van der Waals surface area contributed by atoms with Crippen LogP contribution in [-0.2, 0) is 12.6 Å². The predicted molar refractivity (Wildman–Crippen MR) is 76.3 cm³/mol. The van der Waals surface area contributed by atoms with E-state index in [0.29, 0.717) is 0 Å². The molecule has 1 aromatic rings. The van der Waals surface area contributed by atoms with Gasteiger partial charge in [-0.2, -0.15) is 0 Å². The third-order valence-corrected chi connectivity index (χ3v) is 4.20. The fourth-order valence-corrected chi connectivity index (χ4v) is 2.84. The maximum atomic E-state index is 10.2. The van der Waals surface area contributed by atoms with E-state index in [4.69, 9.17) is 3.07 Å². The normalized spacial score (nSPS) is 10.4. The van der Waals surface area contributed by atoms with E-state index in [1.807, 2.05) is 0 Å². The predicted octanol–water partition coefficient (Wildman–Crippen LogP) is 3.67. The van der Waals surface area contributed by atoms with Crippen molar-refractivity contribution in [2.75, 3.05) is 6.61 Å². The summed E-state index contributed by atoms with van der Waals surface area (Å²) in [4.78, 5) is 0. The number of aryl methyl sites for hydroxylation is 1. The Morgan fingerprint density at radius 2 is 1.44 bits per heavy atom. The summed E-state index contributed by atoms with van der Waals surface area (Å²) in [5.74, 6) is 0. The zero-order valence-electron chi connectivity index (χ0n) is 11.1. The van der Waals surface area contributed by atoms with Gasteiger partial charge in [0.15, 0.2) is 0 Å². The Labute approximate surface area is 121 Å². The quantitative estimate of drug-likeness (QED) is 0.447. The van der Waals surface area contributed by atoms with Crippen molar-refractivity contribution in [2.45, 2.75) is 51.4 Å². The Hall–Kier alpha value is -0.221. The maximum absolute atomic E-state index is 10.2. The summed E-state index contributed by atoms with van der Waals surface area (Å²) in [5, 5.41) is 0. The van der Waals surface area contributed by atoms with Crippen molar-refractivity contribution in [2.24, 2.45) is 0 Å². The van der Waals surface area contributed by atoms with Crippen molar-refractivity contribution in [1.29, 1.82) is 0 Å². The molecule has 3 heteroatoms. The van der Waals surface area contributed by atoms with E-state index in [9.17, 15) is 3.08 Å². The van der Waals surface area contributed by atoms with Gasteiger partial charge in [-0.3, -0.25) is 0 Å². The molecule has 0 radical (unpaired) electrons. The summed E-state index contributed by atoms with van der Waals surface area (Å²) in [6.07, 6.45) is 10.1. The van der Waals surface area contributed by atoms with Gasteiger partial charge in [0.1, 0.15) is 0 Å². The second-order valence-electron chi connectivity index (χ2n) is 4.68. The van der Waals surface area contributed by atoms with Gasteiger partial charge in [0.25, 0.3) is 0 Å². The van der Waals surface area contributed by atoms with Crippen LogP contribution in [0.25, 0.3) is 0 Å². The monoisotopic (exact) mass is 356 g/mol. The minimum atomic E-state index is -1.79. The van der Waals surface area contributed by atoms with Gasteiger partial charge in [-0.15, -0.1) is 0 Å². The zero-order chi connectivity index (χ0) is 12.9. The molecule has 0 heterocycles. The molecule has 0 amide bonds. The first kappa shape index (κ1) is 15.8. The Balaban J connectivity index is 1.83. The van der Waals surface area contributed by atoms with E-state index in [0.717, 1.165) is 13.0 Å². The van der Waals surface area contributed by atoms with E-state index >= 15 is 0 Å². The van der Waals surface area contributed by atoms with E-state index in [-0.39, 0.29) is 0 Å². The Morgan fingerprint density at radius 3 is 2.11 bits per heavy atom. The molecule has 0 saturated heterocycles. The molecule has 0 aliphatic carbocycles. The van der Waals surface area contributed by atoms with Crippen molar-refractivity contribution < 1.29 is 6.15 Å². The summed E-state index contributed by atoms with van der Waals surface area (Å²) in [6.45, 7) is 0.721. The Kier molecular flexibility index (Phi) is 10.4. The molecule has 0 spiro atoms.